The van der Waals surface area contributed by atoms with Gasteiger partial charge in [-0.3, -0.25) is 0 Å². The first-order valence-electron chi connectivity index (χ1n) is 6.17. The molecule has 2 N–H and O–H groups in total. The fourth-order valence-corrected chi connectivity index (χ4v) is 2.89. The van der Waals surface area contributed by atoms with Crippen LogP contribution in [0.4, 0.5) is 0 Å². The molecule has 1 heterocycles. The van der Waals surface area contributed by atoms with Gasteiger partial charge in [0.05, 0.1) is 5.02 Å². The number of nitrogens with two attached hydrogens (primary N) is 1. The summed E-state index contributed by atoms with van der Waals surface area (Å²) in [5, 5.41) is 1.62. The van der Waals surface area contributed by atoms with Gasteiger partial charge in [-0.1, -0.05) is 42.4 Å². The van der Waals surface area contributed by atoms with Gasteiger partial charge in [-0.25, -0.2) is 9.97 Å². The average molecular weight is 294 g/mol. The van der Waals surface area contributed by atoms with Gasteiger partial charge in [0.1, 0.15) is 11.4 Å². The second kappa shape index (κ2) is 6.89. The Balaban J connectivity index is 2.27. The molecule has 19 heavy (non-hydrogen) atoms. The molecule has 0 spiro atoms. The Morgan fingerprint density at radius 1 is 1.37 bits per heavy atom. The van der Waals surface area contributed by atoms with E-state index < -0.39 is 0 Å². The van der Waals surface area contributed by atoms with E-state index in [4.69, 9.17) is 17.3 Å². The van der Waals surface area contributed by atoms with Crippen LogP contribution in [0, 0.1) is 0 Å². The lowest BCUT2D eigenvalue weighted by molar-refractivity contribution is 0.641. The number of hydrogen-bond acceptors (Lipinski definition) is 4. The summed E-state index contributed by atoms with van der Waals surface area (Å²) >= 11 is 7.86. The number of rotatable bonds is 5. The molecule has 3 nitrogen and oxygen atoms in total. The second-order valence-electron chi connectivity index (χ2n) is 4.25. The van der Waals surface area contributed by atoms with Gasteiger partial charge in [0.15, 0.2) is 0 Å². The number of halogens is 1. The van der Waals surface area contributed by atoms with Gasteiger partial charge in [-0.15, -0.1) is 0 Å². The summed E-state index contributed by atoms with van der Waals surface area (Å²) < 4.78 is 0. The quantitative estimate of drug-likeness (QED) is 0.857. The van der Waals surface area contributed by atoms with Crippen molar-refractivity contribution in [3.63, 3.8) is 0 Å². The standard InChI is InChI=1S/C14H16ClN3S/c1-2-11(16)8-10-4-3-5-12(15)14(10)19-13-6-7-17-9-18-13/h3-7,9,11H,2,8,16H2,1H3. The van der Waals surface area contributed by atoms with Crippen LogP contribution in [-0.4, -0.2) is 16.0 Å². The molecular formula is C14H16ClN3S. The lowest BCUT2D eigenvalue weighted by Gasteiger charge is -2.14. The minimum atomic E-state index is 0.156. The molecule has 1 aromatic heterocycles. The molecular weight excluding hydrogens is 278 g/mol. The van der Waals surface area contributed by atoms with Crippen LogP contribution in [0.1, 0.15) is 18.9 Å². The van der Waals surface area contributed by atoms with Crippen LogP contribution in [0.5, 0.6) is 0 Å². The van der Waals surface area contributed by atoms with E-state index in [1.54, 1.807) is 18.0 Å². The van der Waals surface area contributed by atoms with E-state index in [1.807, 2.05) is 18.2 Å². The van der Waals surface area contributed by atoms with Crippen molar-refractivity contribution in [2.75, 3.05) is 0 Å². The Morgan fingerprint density at radius 3 is 2.89 bits per heavy atom. The summed E-state index contributed by atoms with van der Waals surface area (Å²) in [6.45, 7) is 2.09. The van der Waals surface area contributed by atoms with Crippen LogP contribution in [0.3, 0.4) is 0 Å². The molecule has 2 rings (SSSR count). The van der Waals surface area contributed by atoms with E-state index in [2.05, 4.69) is 23.0 Å². The Kier molecular flexibility index (Phi) is 5.19. The summed E-state index contributed by atoms with van der Waals surface area (Å²) in [6.07, 6.45) is 5.04. The Hall–Kier alpha value is -1.10. The van der Waals surface area contributed by atoms with Crippen LogP contribution in [0.15, 0.2) is 46.7 Å². The summed E-state index contributed by atoms with van der Waals surface area (Å²) in [6, 6.07) is 7.96. The topological polar surface area (TPSA) is 51.8 Å². The third kappa shape index (κ3) is 3.93. The number of nitrogens with zero attached hydrogens (tertiary/aromatic N) is 2. The molecule has 0 bridgehead atoms. The van der Waals surface area contributed by atoms with Gasteiger partial charge in [-0.05, 0) is 30.5 Å². The molecule has 100 valence electrons. The Labute approximate surface area is 122 Å². The minimum Gasteiger partial charge on any atom is -0.327 e. The number of benzene rings is 1. The van der Waals surface area contributed by atoms with Crippen LogP contribution < -0.4 is 5.73 Å². The first-order valence-corrected chi connectivity index (χ1v) is 7.37. The Morgan fingerprint density at radius 2 is 2.21 bits per heavy atom. The highest BCUT2D eigenvalue weighted by atomic mass is 35.5. The molecule has 0 amide bonds. The van der Waals surface area contributed by atoms with Crippen LogP contribution >= 0.6 is 23.4 Å². The zero-order chi connectivity index (χ0) is 13.7. The van der Waals surface area contributed by atoms with Crippen molar-refractivity contribution in [2.24, 2.45) is 5.73 Å². The summed E-state index contributed by atoms with van der Waals surface area (Å²) in [5.41, 5.74) is 7.21. The van der Waals surface area contributed by atoms with Crippen molar-refractivity contribution >= 4 is 23.4 Å². The van der Waals surface area contributed by atoms with Gasteiger partial charge in [0.2, 0.25) is 0 Å². The van der Waals surface area contributed by atoms with Crippen molar-refractivity contribution in [1.29, 1.82) is 0 Å². The van der Waals surface area contributed by atoms with Gasteiger partial charge < -0.3 is 5.73 Å². The number of hydrogen-bond donors (Lipinski definition) is 1. The Bertz CT molecular complexity index is 533. The maximum Gasteiger partial charge on any atom is 0.116 e. The van der Waals surface area contributed by atoms with Gasteiger partial charge >= 0.3 is 0 Å². The minimum absolute atomic E-state index is 0.156. The largest absolute Gasteiger partial charge is 0.327 e. The maximum absolute atomic E-state index is 6.30. The molecule has 1 atom stereocenters. The first-order chi connectivity index (χ1) is 9.20. The highest BCUT2D eigenvalue weighted by molar-refractivity contribution is 7.99. The third-order valence-electron chi connectivity index (χ3n) is 2.82. The van der Waals surface area contributed by atoms with Gasteiger partial charge in [-0.2, -0.15) is 0 Å². The SMILES string of the molecule is CCC(N)Cc1cccc(Cl)c1Sc1ccncn1. The van der Waals surface area contributed by atoms with Crippen molar-refractivity contribution in [3.8, 4) is 0 Å². The zero-order valence-electron chi connectivity index (χ0n) is 10.7. The lowest BCUT2D eigenvalue weighted by atomic mass is 10.0. The highest BCUT2D eigenvalue weighted by Crippen LogP contribution is 2.35. The molecule has 1 unspecified atom stereocenters. The lowest BCUT2D eigenvalue weighted by Crippen LogP contribution is -2.21. The molecule has 0 saturated carbocycles. The van der Waals surface area contributed by atoms with Crippen LogP contribution in [0.25, 0.3) is 0 Å². The van der Waals surface area contributed by atoms with E-state index >= 15 is 0 Å². The molecule has 2 aromatic rings. The van der Waals surface area contributed by atoms with E-state index in [0.717, 1.165) is 27.8 Å². The average Bonchev–Trinajstić information content (AvgIpc) is 2.43. The molecule has 5 heteroatoms. The molecule has 0 fully saturated rings. The predicted molar refractivity (Wildman–Crippen MR) is 79.6 cm³/mol. The predicted octanol–water partition coefficient (Wildman–Crippen LogP) is 3.56. The third-order valence-corrected chi connectivity index (χ3v) is 4.38. The fraction of sp³-hybridized carbons (Fsp3) is 0.286. The molecule has 0 saturated heterocycles. The summed E-state index contributed by atoms with van der Waals surface area (Å²) in [5.74, 6) is 0. The van der Waals surface area contributed by atoms with Crippen molar-refractivity contribution < 1.29 is 0 Å². The number of aromatic nitrogens is 2. The molecule has 1 aromatic carbocycles. The van der Waals surface area contributed by atoms with E-state index in [9.17, 15) is 0 Å². The molecule has 0 aliphatic heterocycles. The highest BCUT2D eigenvalue weighted by Gasteiger charge is 2.12. The summed E-state index contributed by atoms with van der Waals surface area (Å²) in [4.78, 5) is 9.17. The maximum atomic E-state index is 6.30. The summed E-state index contributed by atoms with van der Waals surface area (Å²) in [7, 11) is 0. The molecule has 0 aliphatic carbocycles. The normalized spacial score (nSPS) is 12.4. The van der Waals surface area contributed by atoms with Crippen molar-refractivity contribution in [3.05, 3.63) is 47.4 Å². The van der Waals surface area contributed by atoms with Gasteiger partial charge in [0, 0.05) is 17.1 Å². The van der Waals surface area contributed by atoms with Crippen molar-refractivity contribution in [2.45, 2.75) is 35.7 Å². The molecule has 0 aliphatic rings. The molecule has 0 radical (unpaired) electrons. The van der Waals surface area contributed by atoms with Crippen LogP contribution in [-0.2, 0) is 6.42 Å². The smallest absolute Gasteiger partial charge is 0.116 e. The van der Waals surface area contributed by atoms with Gasteiger partial charge in [0.25, 0.3) is 0 Å². The van der Waals surface area contributed by atoms with Crippen molar-refractivity contribution in [1.82, 2.24) is 9.97 Å². The fourth-order valence-electron chi connectivity index (χ4n) is 1.70. The van der Waals surface area contributed by atoms with Crippen LogP contribution in [0.2, 0.25) is 5.02 Å². The van der Waals surface area contributed by atoms with E-state index in [1.165, 1.54) is 11.9 Å². The second-order valence-corrected chi connectivity index (χ2v) is 5.69. The van der Waals surface area contributed by atoms with E-state index in [0.29, 0.717) is 0 Å². The van der Waals surface area contributed by atoms with E-state index in [-0.39, 0.29) is 6.04 Å². The monoisotopic (exact) mass is 293 g/mol. The first kappa shape index (κ1) is 14.3. The zero-order valence-corrected chi connectivity index (χ0v) is 12.3.